The summed E-state index contributed by atoms with van der Waals surface area (Å²) in [7, 11) is 1.77. The highest BCUT2D eigenvalue weighted by Crippen LogP contribution is 2.32. The van der Waals surface area contributed by atoms with Gasteiger partial charge in [0.2, 0.25) is 0 Å². The van der Waals surface area contributed by atoms with Gasteiger partial charge in [-0.3, -0.25) is 5.41 Å². The van der Waals surface area contributed by atoms with Crippen LogP contribution in [0.3, 0.4) is 0 Å². The number of rotatable bonds is 3. The van der Waals surface area contributed by atoms with E-state index in [-0.39, 0.29) is 0 Å². The number of nitrogens with zero attached hydrogens (tertiary/aromatic N) is 1. The first-order valence-corrected chi connectivity index (χ1v) is 5.63. The van der Waals surface area contributed by atoms with Crippen LogP contribution in [0.4, 0.5) is 0 Å². The minimum absolute atomic E-state index is 0.594. The molecule has 1 saturated heterocycles. The van der Waals surface area contributed by atoms with E-state index in [9.17, 15) is 0 Å². The Morgan fingerprint density at radius 1 is 1.43 bits per heavy atom. The third-order valence-corrected chi connectivity index (χ3v) is 3.23. The van der Waals surface area contributed by atoms with Gasteiger partial charge in [0.25, 0.3) is 0 Å². The van der Waals surface area contributed by atoms with Crippen molar-refractivity contribution in [2.45, 2.75) is 25.7 Å². The number of methoxy groups -OCH3 is 1. The van der Waals surface area contributed by atoms with E-state index in [4.69, 9.17) is 10.1 Å². The maximum absolute atomic E-state index is 8.01. The molecule has 1 heterocycles. The van der Waals surface area contributed by atoms with Gasteiger partial charge in [-0.2, -0.15) is 0 Å². The van der Waals surface area contributed by atoms with Crippen molar-refractivity contribution in [3.05, 3.63) is 0 Å². The summed E-state index contributed by atoms with van der Waals surface area (Å²) < 4.78 is 5.19. The molecule has 1 unspecified atom stereocenters. The smallest absolute Gasteiger partial charge is 0.0989 e. The summed E-state index contributed by atoms with van der Waals surface area (Å²) >= 11 is 0. The number of piperidine rings is 1. The monoisotopic (exact) mass is 196 g/mol. The highest BCUT2D eigenvalue weighted by atomic mass is 16.5. The molecule has 2 aliphatic rings. The molecule has 0 amide bonds. The first-order valence-electron chi connectivity index (χ1n) is 5.63. The van der Waals surface area contributed by atoms with Gasteiger partial charge in [-0.15, -0.1) is 0 Å². The Labute approximate surface area is 85.9 Å². The van der Waals surface area contributed by atoms with Crippen LogP contribution in [0.25, 0.3) is 0 Å². The number of hydrogen-bond acceptors (Lipinski definition) is 2. The SMILES string of the molecule is COCC1CCCN(C(=N)C2CC2)C1. The lowest BCUT2D eigenvalue weighted by molar-refractivity contribution is 0.114. The Morgan fingerprint density at radius 3 is 2.86 bits per heavy atom. The zero-order chi connectivity index (χ0) is 9.97. The Kier molecular flexibility index (Phi) is 3.06. The molecule has 0 spiro atoms. The van der Waals surface area contributed by atoms with Crippen LogP contribution in [-0.2, 0) is 4.74 Å². The van der Waals surface area contributed by atoms with E-state index >= 15 is 0 Å². The molecule has 1 saturated carbocycles. The zero-order valence-electron chi connectivity index (χ0n) is 8.96. The first kappa shape index (κ1) is 9.97. The van der Waals surface area contributed by atoms with E-state index in [0.29, 0.717) is 11.8 Å². The fourth-order valence-electron chi connectivity index (χ4n) is 2.27. The van der Waals surface area contributed by atoms with E-state index in [1.54, 1.807) is 7.11 Å². The van der Waals surface area contributed by atoms with Gasteiger partial charge in [-0.25, -0.2) is 0 Å². The first-order chi connectivity index (χ1) is 6.81. The molecule has 2 rings (SSSR count). The van der Waals surface area contributed by atoms with Crippen molar-refractivity contribution >= 4 is 5.84 Å². The molecular formula is C11H20N2O. The molecule has 0 aromatic heterocycles. The van der Waals surface area contributed by atoms with Gasteiger partial charge in [0.1, 0.15) is 0 Å². The summed E-state index contributed by atoms with van der Waals surface area (Å²) in [5, 5.41) is 8.01. The second-order valence-electron chi connectivity index (χ2n) is 4.57. The minimum Gasteiger partial charge on any atom is -0.384 e. The maximum Gasteiger partial charge on any atom is 0.0989 e. The van der Waals surface area contributed by atoms with Crippen molar-refractivity contribution in [2.75, 3.05) is 26.8 Å². The van der Waals surface area contributed by atoms with Gasteiger partial charge in [0, 0.05) is 26.1 Å². The highest BCUT2D eigenvalue weighted by molar-refractivity contribution is 5.83. The molecule has 0 radical (unpaired) electrons. The van der Waals surface area contributed by atoms with Crippen molar-refractivity contribution in [3.63, 3.8) is 0 Å². The van der Waals surface area contributed by atoms with Crippen molar-refractivity contribution in [1.82, 2.24) is 4.90 Å². The maximum atomic E-state index is 8.01. The van der Waals surface area contributed by atoms with E-state index in [1.165, 1.54) is 25.7 Å². The van der Waals surface area contributed by atoms with Crippen LogP contribution in [0, 0.1) is 17.2 Å². The number of likely N-dealkylation sites (tertiary alicyclic amines) is 1. The molecule has 0 aromatic carbocycles. The van der Waals surface area contributed by atoms with Gasteiger partial charge in [-0.1, -0.05) is 0 Å². The third kappa shape index (κ3) is 2.27. The van der Waals surface area contributed by atoms with Crippen LogP contribution < -0.4 is 0 Å². The Balaban J connectivity index is 1.83. The molecule has 1 aliphatic heterocycles. The highest BCUT2D eigenvalue weighted by Gasteiger charge is 2.32. The molecule has 0 bridgehead atoms. The molecular weight excluding hydrogens is 176 g/mol. The van der Waals surface area contributed by atoms with Gasteiger partial charge in [0.05, 0.1) is 12.4 Å². The van der Waals surface area contributed by atoms with Gasteiger partial charge in [-0.05, 0) is 31.6 Å². The molecule has 2 fully saturated rings. The number of amidine groups is 1. The largest absolute Gasteiger partial charge is 0.384 e. The lowest BCUT2D eigenvalue weighted by Gasteiger charge is -2.34. The van der Waals surface area contributed by atoms with Gasteiger partial charge < -0.3 is 9.64 Å². The zero-order valence-corrected chi connectivity index (χ0v) is 8.96. The van der Waals surface area contributed by atoms with Crippen molar-refractivity contribution in [2.24, 2.45) is 11.8 Å². The summed E-state index contributed by atoms with van der Waals surface area (Å²) in [6.45, 7) is 2.99. The van der Waals surface area contributed by atoms with Crippen LogP contribution >= 0.6 is 0 Å². The minimum atomic E-state index is 0.594. The molecule has 3 nitrogen and oxygen atoms in total. The fourth-order valence-corrected chi connectivity index (χ4v) is 2.27. The second-order valence-corrected chi connectivity index (χ2v) is 4.57. The molecule has 1 aliphatic carbocycles. The van der Waals surface area contributed by atoms with Crippen LogP contribution in [0.1, 0.15) is 25.7 Å². The van der Waals surface area contributed by atoms with Gasteiger partial charge >= 0.3 is 0 Å². The predicted octanol–water partition coefficient (Wildman–Crippen LogP) is 1.73. The van der Waals surface area contributed by atoms with E-state index in [0.717, 1.165) is 25.5 Å². The van der Waals surface area contributed by atoms with Crippen molar-refractivity contribution in [1.29, 1.82) is 5.41 Å². The summed E-state index contributed by atoms with van der Waals surface area (Å²) in [5.74, 6) is 2.13. The van der Waals surface area contributed by atoms with E-state index in [1.807, 2.05) is 0 Å². The van der Waals surface area contributed by atoms with Crippen LogP contribution in [0.2, 0.25) is 0 Å². The number of nitrogens with one attached hydrogen (secondary N) is 1. The van der Waals surface area contributed by atoms with Crippen LogP contribution in [0.15, 0.2) is 0 Å². The second kappa shape index (κ2) is 4.30. The van der Waals surface area contributed by atoms with Crippen molar-refractivity contribution in [3.8, 4) is 0 Å². The summed E-state index contributed by atoms with van der Waals surface area (Å²) in [6.07, 6.45) is 4.97. The predicted molar refractivity (Wildman–Crippen MR) is 56.6 cm³/mol. The molecule has 14 heavy (non-hydrogen) atoms. The normalized spacial score (nSPS) is 27.8. The average Bonchev–Trinajstić information content (AvgIpc) is 3.01. The Morgan fingerprint density at radius 2 is 2.21 bits per heavy atom. The van der Waals surface area contributed by atoms with E-state index in [2.05, 4.69) is 4.90 Å². The Bertz CT molecular complexity index is 211. The van der Waals surface area contributed by atoms with Crippen LogP contribution in [0.5, 0.6) is 0 Å². The van der Waals surface area contributed by atoms with Crippen molar-refractivity contribution < 1.29 is 4.74 Å². The third-order valence-electron chi connectivity index (χ3n) is 3.23. The summed E-state index contributed by atoms with van der Waals surface area (Å²) in [4.78, 5) is 2.27. The molecule has 0 aromatic rings. The lowest BCUT2D eigenvalue weighted by atomic mass is 9.98. The molecule has 1 atom stereocenters. The lowest BCUT2D eigenvalue weighted by Crippen LogP contribution is -2.41. The van der Waals surface area contributed by atoms with Gasteiger partial charge in [0.15, 0.2) is 0 Å². The summed E-state index contributed by atoms with van der Waals surface area (Å²) in [6, 6.07) is 0. The Hall–Kier alpha value is -0.570. The van der Waals surface area contributed by atoms with E-state index < -0.39 is 0 Å². The number of ether oxygens (including phenoxy) is 1. The van der Waals surface area contributed by atoms with Crippen LogP contribution in [-0.4, -0.2) is 37.5 Å². The molecule has 1 N–H and O–H groups in total. The quantitative estimate of drug-likeness (QED) is 0.551. The topological polar surface area (TPSA) is 36.3 Å². The fraction of sp³-hybridized carbons (Fsp3) is 0.909. The molecule has 3 heteroatoms. The number of hydrogen-bond donors (Lipinski definition) is 1. The average molecular weight is 196 g/mol. The standard InChI is InChI=1S/C11H20N2O/c1-14-8-9-3-2-6-13(7-9)11(12)10-4-5-10/h9-10,12H,2-8H2,1H3. The summed E-state index contributed by atoms with van der Waals surface area (Å²) in [5.41, 5.74) is 0. The molecule has 80 valence electrons.